The Morgan fingerprint density at radius 3 is 2.94 bits per heavy atom. The fraction of sp³-hybridized carbons (Fsp3) is 0.385. The zero-order valence-corrected chi connectivity index (χ0v) is 10.3. The minimum atomic E-state index is 0.171. The van der Waals surface area contributed by atoms with Crippen LogP contribution in [0.15, 0.2) is 18.2 Å². The molecule has 0 saturated heterocycles. The van der Waals surface area contributed by atoms with E-state index in [2.05, 4.69) is 36.3 Å². The molecule has 0 fully saturated rings. The van der Waals surface area contributed by atoms with Crippen molar-refractivity contribution in [3.8, 4) is 0 Å². The van der Waals surface area contributed by atoms with Crippen LogP contribution < -0.4 is 5.32 Å². The molecule has 2 nitrogen and oxygen atoms in total. The van der Waals surface area contributed by atoms with Gasteiger partial charge in [0.2, 0.25) is 0 Å². The Labute approximate surface area is 100.0 Å². The summed E-state index contributed by atoms with van der Waals surface area (Å²) in [5.41, 5.74) is 4.08. The molecule has 1 aliphatic rings. The van der Waals surface area contributed by atoms with Gasteiger partial charge in [-0.05, 0) is 44.0 Å². The van der Waals surface area contributed by atoms with Gasteiger partial charge in [-0.25, -0.2) is 0 Å². The first-order chi connectivity index (χ1) is 7.55. The third-order valence-electron chi connectivity index (χ3n) is 3.32. The Hall–Kier alpha value is -0.990. The van der Waals surface area contributed by atoms with E-state index in [9.17, 15) is 0 Å². The average Bonchev–Trinajstić information content (AvgIpc) is 2.55. The molecule has 3 rings (SSSR count). The first kappa shape index (κ1) is 10.2. The molecule has 0 spiro atoms. The molecule has 0 bridgehead atoms. The minimum absolute atomic E-state index is 0.171. The highest BCUT2D eigenvalue weighted by atomic mass is 35.5. The molecule has 0 aliphatic carbocycles. The maximum absolute atomic E-state index is 6.06. The molecule has 1 aromatic heterocycles. The van der Waals surface area contributed by atoms with Gasteiger partial charge in [-0.2, -0.15) is 0 Å². The molecule has 2 heterocycles. The van der Waals surface area contributed by atoms with E-state index < -0.39 is 0 Å². The summed E-state index contributed by atoms with van der Waals surface area (Å²) in [6.07, 6.45) is 1.04. The van der Waals surface area contributed by atoms with E-state index in [4.69, 9.17) is 11.6 Å². The highest BCUT2D eigenvalue weighted by molar-refractivity contribution is 6.31. The lowest BCUT2D eigenvalue weighted by Crippen LogP contribution is -2.44. The van der Waals surface area contributed by atoms with Gasteiger partial charge in [-0.1, -0.05) is 11.6 Å². The fourth-order valence-corrected chi connectivity index (χ4v) is 2.63. The monoisotopic (exact) mass is 234 g/mol. The van der Waals surface area contributed by atoms with E-state index in [1.54, 1.807) is 0 Å². The third kappa shape index (κ3) is 1.53. The van der Waals surface area contributed by atoms with Gasteiger partial charge in [0.15, 0.2) is 0 Å². The van der Waals surface area contributed by atoms with E-state index in [1.165, 1.54) is 22.2 Å². The fourth-order valence-electron chi connectivity index (χ4n) is 2.46. The molecule has 2 aromatic rings. The van der Waals surface area contributed by atoms with Crippen molar-refractivity contribution in [2.75, 3.05) is 0 Å². The highest BCUT2D eigenvalue weighted by Gasteiger charge is 2.27. The summed E-state index contributed by atoms with van der Waals surface area (Å²) in [4.78, 5) is 3.46. The van der Waals surface area contributed by atoms with Crippen LogP contribution in [0.5, 0.6) is 0 Å². The van der Waals surface area contributed by atoms with Crippen molar-refractivity contribution in [1.82, 2.24) is 10.3 Å². The van der Waals surface area contributed by atoms with Crippen molar-refractivity contribution in [2.45, 2.75) is 32.4 Å². The lowest BCUT2D eigenvalue weighted by Gasteiger charge is -2.31. The molecular weight excluding hydrogens is 220 g/mol. The van der Waals surface area contributed by atoms with Gasteiger partial charge in [0.25, 0.3) is 0 Å². The van der Waals surface area contributed by atoms with Crippen molar-refractivity contribution in [1.29, 1.82) is 0 Å². The summed E-state index contributed by atoms with van der Waals surface area (Å²) in [5.74, 6) is 0. The van der Waals surface area contributed by atoms with E-state index in [-0.39, 0.29) is 5.54 Å². The number of fused-ring (bicyclic) bond motifs is 3. The summed E-state index contributed by atoms with van der Waals surface area (Å²) in [5, 5.41) is 5.61. The number of H-pyrrole nitrogens is 1. The number of rotatable bonds is 0. The van der Waals surface area contributed by atoms with Gasteiger partial charge in [-0.3, -0.25) is 0 Å². The van der Waals surface area contributed by atoms with Crippen LogP contribution in [-0.4, -0.2) is 10.5 Å². The Morgan fingerprint density at radius 1 is 1.31 bits per heavy atom. The maximum atomic E-state index is 6.06. The molecule has 0 atom stereocenters. The van der Waals surface area contributed by atoms with Crippen molar-refractivity contribution in [3.05, 3.63) is 34.5 Å². The smallest absolute Gasteiger partial charge is 0.0460 e. The number of halogens is 1. The minimum Gasteiger partial charge on any atom is -0.357 e. The molecule has 0 radical (unpaired) electrons. The normalized spacial score (nSPS) is 18.7. The topological polar surface area (TPSA) is 27.8 Å². The summed E-state index contributed by atoms with van der Waals surface area (Å²) in [7, 11) is 0. The molecule has 1 aliphatic heterocycles. The predicted octanol–water partition coefficient (Wildman–Crippen LogP) is 3.25. The lowest BCUT2D eigenvalue weighted by atomic mass is 9.89. The maximum Gasteiger partial charge on any atom is 0.0460 e. The zero-order chi connectivity index (χ0) is 11.3. The largest absolute Gasteiger partial charge is 0.357 e. The number of aromatic amines is 1. The molecule has 0 amide bonds. The van der Waals surface area contributed by atoms with Crippen LogP contribution in [-0.2, 0) is 13.0 Å². The molecule has 3 heteroatoms. The zero-order valence-electron chi connectivity index (χ0n) is 9.52. The van der Waals surface area contributed by atoms with E-state index >= 15 is 0 Å². The van der Waals surface area contributed by atoms with E-state index in [1.807, 2.05) is 6.07 Å². The quantitative estimate of drug-likeness (QED) is 0.720. The average molecular weight is 235 g/mol. The van der Waals surface area contributed by atoms with Gasteiger partial charge in [-0.15, -0.1) is 0 Å². The Balaban J connectivity index is 2.23. The van der Waals surface area contributed by atoms with Gasteiger partial charge in [0.05, 0.1) is 0 Å². The van der Waals surface area contributed by atoms with Crippen LogP contribution in [0.2, 0.25) is 5.02 Å². The van der Waals surface area contributed by atoms with Crippen molar-refractivity contribution in [2.24, 2.45) is 0 Å². The second-order valence-electron chi connectivity index (χ2n) is 5.19. The van der Waals surface area contributed by atoms with Crippen LogP contribution in [0.3, 0.4) is 0 Å². The summed E-state index contributed by atoms with van der Waals surface area (Å²) < 4.78 is 0. The van der Waals surface area contributed by atoms with E-state index in [0.717, 1.165) is 18.0 Å². The summed E-state index contributed by atoms with van der Waals surface area (Å²) in [6, 6.07) is 6.06. The number of aromatic nitrogens is 1. The lowest BCUT2D eigenvalue weighted by molar-refractivity contribution is 0.361. The van der Waals surface area contributed by atoms with Gasteiger partial charge in [0, 0.05) is 33.7 Å². The first-order valence-electron chi connectivity index (χ1n) is 5.59. The predicted molar refractivity (Wildman–Crippen MR) is 67.9 cm³/mol. The molecule has 1 aromatic carbocycles. The van der Waals surface area contributed by atoms with Crippen LogP contribution in [0.1, 0.15) is 25.1 Å². The van der Waals surface area contributed by atoms with E-state index in [0.29, 0.717) is 0 Å². The van der Waals surface area contributed by atoms with Gasteiger partial charge < -0.3 is 10.3 Å². The van der Waals surface area contributed by atoms with Crippen LogP contribution in [0.4, 0.5) is 0 Å². The Bertz CT molecular complexity index is 554. The molecular formula is C13H15ClN2. The molecule has 84 valence electrons. The third-order valence-corrected chi connectivity index (χ3v) is 3.55. The molecule has 16 heavy (non-hydrogen) atoms. The standard InChI is InChI=1S/C13H15ClN2/c1-13(2)6-10-9-5-8(14)3-4-11(9)16-12(10)7-15-13/h3-5,15-16H,6-7H2,1-2H3. The number of hydrogen-bond donors (Lipinski definition) is 2. The highest BCUT2D eigenvalue weighted by Crippen LogP contribution is 2.31. The first-order valence-corrected chi connectivity index (χ1v) is 5.97. The van der Waals surface area contributed by atoms with Crippen molar-refractivity contribution < 1.29 is 0 Å². The molecule has 0 saturated carbocycles. The second-order valence-corrected chi connectivity index (χ2v) is 5.62. The molecule has 0 unspecified atom stereocenters. The second kappa shape index (κ2) is 3.25. The van der Waals surface area contributed by atoms with Crippen molar-refractivity contribution >= 4 is 22.5 Å². The van der Waals surface area contributed by atoms with Gasteiger partial charge >= 0.3 is 0 Å². The van der Waals surface area contributed by atoms with Crippen LogP contribution >= 0.6 is 11.6 Å². The summed E-state index contributed by atoms with van der Waals surface area (Å²) >= 11 is 6.06. The van der Waals surface area contributed by atoms with Gasteiger partial charge in [0.1, 0.15) is 0 Å². The van der Waals surface area contributed by atoms with Crippen LogP contribution in [0.25, 0.3) is 10.9 Å². The molecule has 2 N–H and O–H groups in total. The Morgan fingerprint density at radius 2 is 2.12 bits per heavy atom. The number of hydrogen-bond acceptors (Lipinski definition) is 1. The SMILES string of the molecule is CC1(C)Cc2c([nH]c3ccc(Cl)cc23)CN1. The van der Waals surface area contributed by atoms with Crippen molar-refractivity contribution in [3.63, 3.8) is 0 Å². The Kier molecular flexibility index (Phi) is 2.07. The summed E-state index contributed by atoms with van der Waals surface area (Å²) in [6.45, 7) is 5.38. The van der Waals surface area contributed by atoms with Crippen LogP contribution in [0, 0.1) is 0 Å². The number of nitrogens with one attached hydrogen (secondary N) is 2. The number of benzene rings is 1.